The molecule has 0 bridgehead atoms. The maximum absolute atomic E-state index is 12.0. The quantitative estimate of drug-likeness (QED) is 0.872. The molecule has 1 unspecified atom stereocenters. The molecule has 0 saturated carbocycles. The Morgan fingerprint density at radius 2 is 2.20 bits per heavy atom. The van der Waals surface area contributed by atoms with Crippen LogP contribution < -0.4 is 0 Å². The number of aryl methyl sites for hydroxylation is 1. The first-order valence-electron chi connectivity index (χ1n) is 6.43. The maximum Gasteiger partial charge on any atom is 0.308 e. The lowest BCUT2D eigenvalue weighted by Crippen LogP contribution is -2.28. The van der Waals surface area contributed by atoms with E-state index in [2.05, 4.69) is 0 Å². The number of carboxylic acid groups (broad SMARTS) is 1. The minimum absolute atomic E-state index is 0.162. The van der Waals surface area contributed by atoms with Gasteiger partial charge in [-0.3, -0.25) is 9.59 Å². The molecule has 0 aromatic heterocycles. The van der Waals surface area contributed by atoms with E-state index in [0.717, 1.165) is 11.1 Å². The van der Waals surface area contributed by atoms with Crippen LogP contribution >= 0.6 is 11.6 Å². The Hall–Kier alpha value is -1.81. The van der Waals surface area contributed by atoms with Crippen molar-refractivity contribution < 1.29 is 14.7 Å². The molecule has 1 fully saturated rings. The zero-order valence-electron chi connectivity index (χ0n) is 11.2. The highest BCUT2D eigenvalue weighted by atomic mass is 35.5. The summed E-state index contributed by atoms with van der Waals surface area (Å²) in [6, 6.07) is 5.57. The van der Waals surface area contributed by atoms with E-state index in [0.29, 0.717) is 18.0 Å². The highest BCUT2D eigenvalue weighted by molar-refractivity contribution is 6.31. The Balaban J connectivity index is 1.99. The van der Waals surface area contributed by atoms with Crippen LogP contribution in [0.1, 0.15) is 17.5 Å². The summed E-state index contributed by atoms with van der Waals surface area (Å²) in [7, 11) is 0. The topological polar surface area (TPSA) is 57.6 Å². The number of aliphatic carboxylic acids is 1. The Labute approximate surface area is 122 Å². The molecule has 2 rings (SSSR count). The SMILES string of the molecule is Cc1ccc(C=CC(=O)N2CCC(C(=O)O)C2)cc1Cl. The summed E-state index contributed by atoms with van der Waals surface area (Å²) in [6.07, 6.45) is 3.68. The molecule has 1 N–H and O–H groups in total. The highest BCUT2D eigenvalue weighted by Gasteiger charge is 2.29. The van der Waals surface area contributed by atoms with Crippen molar-refractivity contribution in [2.24, 2.45) is 5.92 Å². The largest absolute Gasteiger partial charge is 0.481 e. The van der Waals surface area contributed by atoms with E-state index < -0.39 is 11.9 Å². The fourth-order valence-corrected chi connectivity index (χ4v) is 2.34. The molecule has 1 amide bonds. The second kappa shape index (κ2) is 6.09. The van der Waals surface area contributed by atoms with Crippen LogP contribution in [0.15, 0.2) is 24.3 Å². The normalized spacial score (nSPS) is 18.7. The molecule has 1 atom stereocenters. The summed E-state index contributed by atoms with van der Waals surface area (Å²) in [5, 5.41) is 9.57. The van der Waals surface area contributed by atoms with Crippen LogP contribution in [0, 0.1) is 12.8 Å². The minimum atomic E-state index is -0.838. The highest BCUT2D eigenvalue weighted by Crippen LogP contribution is 2.19. The standard InChI is InChI=1S/C15H16ClNO3/c1-10-2-3-11(8-13(10)16)4-5-14(18)17-7-6-12(9-17)15(19)20/h2-5,8,12H,6-7,9H2,1H3,(H,19,20). The molecule has 0 aliphatic carbocycles. The Morgan fingerprint density at radius 1 is 1.45 bits per heavy atom. The number of nitrogens with zero attached hydrogens (tertiary/aromatic N) is 1. The first-order valence-corrected chi connectivity index (χ1v) is 6.81. The third-order valence-electron chi connectivity index (χ3n) is 3.46. The number of hydrogen-bond donors (Lipinski definition) is 1. The molecular weight excluding hydrogens is 278 g/mol. The van der Waals surface area contributed by atoms with E-state index in [1.165, 1.54) is 6.08 Å². The molecule has 1 aliphatic rings. The van der Waals surface area contributed by atoms with Crippen LogP contribution in [0.4, 0.5) is 0 Å². The summed E-state index contributed by atoms with van der Waals surface area (Å²) in [4.78, 5) is 24.4. The van der Waals surface area contributed by atoms with Crippen LogP contribution in [0.5, 0.6) is 0 Å². The van der Waals surface area contributed by atoms with E-state index in [1.54, 1.807) is 17.0 Å². The van der Waals surface area contributed by atoms with Crippen LogP contribution in [-0.4, -0.2) is 35.0 Å². The van der Waals surface area contributed by atoms with Crippen molar-refractivity contribution in [2.75, 3.05) is 13.1 Å². The van der Waals surface area contributed by atoms with Crippen molar-refractivity contribution in [3.63, 3.8) is 0 Å². The molecule has 1 saturated heterocycles. The van der Waals surface area contributed by atoms with Crippen molar-refractivity contribution >= 4 is 29.6 Å². The molecule has 4 nitrogen and oxygen atoms in total. The zero-order chi connectivity index (χ0) is 14.7. The lowest BCUT2D eigenvalue weighted by atomic mass is 10.1. The third-order valence-corrected chi connectivity index (χ3v) is 3.87. The summed E-state index contributed by atoms with van der Waals surface area (Å²) >= 11 is 6.02. The van der Waals surface area contributed by atoms with Crippen molar-refractivity contribution in [1.82, 2.24) is 4.90 Å². The van der Waals surface area contributed by atoms with Gasteiger partial charge in [-0.05, 0) is 36.6 Å². The lowest BCUT2D eigenvalue weighted by Gasteiger charge is -2.12. The van der Waals surface area contributed by atoms with Gasteiger partial charge in [-0.2, -0.15) is 0 Å². The molecule has 1 aromatic carbocycles. The van der Waals surface area contributed by atoms with Gasteiger partial charge in [0.05, 0.1) is 5.92 Å². The molecule has 0 radical (unpaired) electrons. The van der Waals surface area contributed by atoms with Crippen molar-refractivity contribution in [3.05, 3.63) is 40.4 Å². The van der Waals surface area contributed by atoms with Gasteiger partial charge in [-0.15, -0.1) is 0 Å². The second-order valence-corrected chi connectivity index (χ2v) is 5.36. The molecular formula is C15H16ClNO3. The predicted molar refractivity (Wildman–Crippen MR) is 77.5 cm³/mol. The lowest BCUT2D eigenvalue weighted by molar-refractivity contribution is -0.141. The minimum Gasteiger partial charge on any atom is -0.481 e. The fourth-order valence-electron chi connectivity index (χ4n) is 2.15. The monoisotopic (exact) mass is 293 g/mol. The summed E-state index contributed by atoms with van der Waals surface area (Å²) in [5.41, 5.74) is 1.84. The number of carbonyl (C=O) groups excluding carboxylic acids is 1. The van der Waals surface area contributed by atoms with Gasteiger partial charge < -0.3 is 10.0 Å². The van der Waals surface area contributed by atoms with E-state index in [4.69, 9.17) is 16.7 Å². The first-order chi connectivity index (χ1) is 9.47. The number of hydrogen-bond acceptors (Lipinski definition) is 2. The number of amides is 1. The average Bonchev–Trinajstić information content (AvgIpc) is 2.89. The number of carboxylic acids is 1. The first kappa shape index (κ1) is 14.6. The Kier molecular flexibility index (Phi) is 4.45. The zero-order valence-corrected chi connectivity index (χ0v) is 11.9. The summed E-state index contributed by atoms with van der Waals surface area (Å²) in [6.45, 7) is 2.69. The molecule has 20 heavy (non-hydrogen) atoms. The van der Waals surface area contributed by atoms with Crippen molar-refractivity contribution in [3.8, 4) is 0 Å². The van der Waals surface area contributed by atoms with E-state index >= 15 is 0 Å². The number of likely N-dealkylation sites (tertiary alicyclic amines) is 1. The maximum atomic E-state index is 12.0. The molecule has 1 heterocycles. The summed E-state index contributed by atoms with van der Waals surface area (Å²) < 4.78 is 0. The van der Waals surface area contributed by atoms with Gasteiger partial charge in [0.2, 0.25) is 5.91 Å². The predicted octanol–water partition coefficient (Wildman–Crippen LogP) is 2.59. The number of halogens is 1. The second-order valence-electron chi connectivity index (χ2n) is 4.95. The van der Waals surface area contributed by atoms with Gasteiger partial charge in [0.1, 0.15) is 0 Å². The van der Waals surface area contributed by atoms with Crippen molar-refractivity contribution in [1.29, 1.82) is 0 Å². The van der Waals surface area contributed by atoms with Crippen LogP contribution in [-0.2, 0) is 9.59 Å². The van der Waals surface area contributed by atoms with Gasteiger partial charge in [-0.25, -0.2) is 0 Å². The van der Waals surface area contributed by atoms with Crippen LogP contribution in [0.3, 0.4) is 0 Å². The van der Waals surface area contributed by atoms with Gasteiger partial charge in [-0.1, -0.05) is 23.7 Å². The third kappa shape index (κ3) is 3.39. The van der Waals surface area contributed by atoms with Gasteiger partial charge in [0, 0.05) is 24.2 Å². The average molecular weight is 294 g/mol. The fraction of sp³-hybridized carbons (Fsp3) is 0.333. The van der Waals surface area contributed by atoms with Gasteiger partial charge >= 0.3 is 5.97 Å². The smallest absolute Gasteiger partial charge is 0.308 e. The Morgan fingerprint density at radius 3 is 2.80 bits per heavy atom. The molecule has 0 spiro atoms. The Bertz CT molecular complexity index is 568. The van der Waals surface area contributed by atoms with E-state index in [-0.39, 0.29) is 12.5 Å². The summed E-state index contributed by atoms with van der Waals surface area (Å²) in [5.74, 6) is -1.44. The number of carbonyl (C=O) groups is 2. The molecule has 5 heteroatoms. The van der Waals surface area contributed by atoms with Crippen molar-refractivity contribution in [2.45, 2.75) is 13.3 Å². The molecule has 106 valence electrons. The molecule has 1 aromatic rings. The number of rotatable bonds is 3. The van der Waals surface area contributed by atoms with Crippen LogP contribution in [0.2, 0.25) is 5.02 Å². The van der Waals surface area contributed by atoms with E-state index in [1.807, 2.05) is 19.1 Å². The van der Waals surface area contributed by atoms with Crippen LogP contribution in [0.25, 0.3) is 6.08 Å². The van der Waals surface area contributed by atoms with Gasteiger partial charge in [0.15, 0.2) is 0 Å². The van der Waals surface area contributed by atoms with Gasteiger partial charge in [0.25, 0.3) is 0 Å². The number of benzene rings is 1. The van der Waals surface area contributed by atoms with E-state index in [9.17, 15) is 9.59 Å². The molecule has 1 aliphatic heterocycles.